The second-order valence-corrected chi connectivity index (χ2v) is 7.69. The molecule has 1 aliphatic carbocycles. The minimum Gasteiger partial charge on any atom is -0.330 e. The van der Waals surface area contributed by atoms with Crippen LogP contribution >= 0.6 is 0 Å². The van der Waals surface area contributed by atoms with Gasteiger partial charge in [-0.1, -0.05) is 26.0 Å². The zero-order valence-electron chi connectivity index (χ0n) is 11.5. The molecule has 0 radical (unpaired) electrons. The standard InChI is InChI=1S/C14H22N2O2S/c1-14(2)9-12(14)10-16-19(17,18)13-5-3-11(4-6-13)7-8-15/h3-6,12,16H,7-10,15H2,1-2H3. The monoisotopic (exact) mass is 282 g/mol. The number of hydrogen-bond donors (Lipinski definition) is 2. The Balaban J connectivity index is 1.99. The lowest BCUT2D eigenvalue weighted by Crippen LogP contribution is -2.26. The quantitative estimate of drug-likeness (QED) is 0.831. The van der Waals surface area contributed by atoms with Crippen LogP contribution in [0, 0.1) is 11.3 Å². The third-order valence-electron chi connectivity index (χ3n) is 3.90. The van der Waals surface area contributed by atoms with Gasteiger partial charge in [0.25, 0.3) is 0 Å². The molecule has 1 aromatic carbocycles. The van der Waals surface area contributed by atoms with E-state index in [0.29, 0.717) is 23.9 Å². The van der Waals surface area contributed by atoms with E-state index < -0.39 is 10.0 Å². The molecule has 106 valence electrons. The van der Waals surface area contributed by atoms with Crippen LogP contribution in [0.3, 0.4) is 0 Å². The van der Waals surface area contributed by atoms with Crippen LogP contribution < -0.4 is 10.5 Å². The summed E-state index contributed by atoms with van der Waals surface area (Å²) >= 11 is 0. The molecule has 0 saturated heterocycles. The summed E-state index contributed by atoms with van der Waals surface area (Å²) in [5.41, 5.74) is 6.81. The summed E-state index contributed by atoms with van der Waals surface area (Å²) in [5.74, 6) is 0.457. The summed E-state index contributed by atoms with van der Waals surface area (Å²) in [7, 11) is -3.38. The van der Waals surface area contributed by atoms with Gasteiger partial charge in [-0.25, -0.2) is 13.1 Å². The number of rotatable bonds is 6. The van der Waals surface area contributed by atoms with Crippen molar-refractivity contribution in [2.45, 2.75) is 31.6 Å². The van der Waals surface area contributed by atoms with Crippen molar-refractivity contribution in [2.24, 2.45) is 17.1 Å². The Morgan fingerprint density at radius 1 is 1.32 bits per heavy atom. The van der Waals surface area contributed by atoms with Crippen molar-refractivity contribution in [1.82, 2.24) is 4.72 Å². The molecular weight excluding hydrogens is 260 g/mol. The molecular formula is C14H22N2O2S. The highest BCUT2D eigenvalue weighted by molar-refractivity contribution is 7.89. The average Bonchev–Trinajstić information content (AvgIpc) is 2.96. The van der Waals surface area contributed by atoms with Gasteiger partial charge < -0.3 is 5.73 Å². The average molecular weight is 282 g/mol. The van der Waals surface area contributed by atoms with E-state index in [1.54, 1.807) is 12.1 Å². The fourth-order valence-corrected chi connectivity index (χ4v) is 3.30. The zero-order chi connectivity index (χ0) is 14.1. The lowest BCUT2D eigenvalue weighted by molar-refractivity contribution is 0.537. The molecule has 0 heterocycles. The van der Waals surface area contributed by atoms with Gasteiger partial charge in [0.2, 0.25) is 10.0 Å². The molecule has 0 spiro atoms. The first-order valence-corrected chi connectivity index (χ1v) is 8.12. The normalized spacial score (nSPS) is 21.3. The Hall–Kier alpha value is -0.910. The molecule has 1 aliphatic rings. The predicted octanol–water partition coefficient (Wildman–Crippen LogP) is 1.51. The molecule has 1 fully saturated rings. The van der Waals surface area contributed by atoms with Crippen molar-refractivity contribution in [2.75, 3.05) is 13.1 Å². The topological polar surface area (TPSA) is 72.2 Å². The molecule has 0 amide bonds. The third kappa shape index (κ3) is 3.55. The van der Waals surface area contributed by atoms with Gasteiger partial charge in [0.15, 0.2) is 0 Å². The van der Waals surface area contributed by atoms with Crippen molar-refractivity contribution in [3.63, 3.8) is 0 Å². The summed E-state index contributed by atoms with van der Waals surface area (Å²) in [6.07, 6.45) is 1.86. The summed E-state index contributed by atoms with van der Waals surface area (Å²) in [6, 6.07) is 6.93. The van der Waals surface area contributed by atoms with E-state index in [2.05, 4.69) is 18.6 Å². The maximum absolute atomic E-state index is 12.1. The molecule has 1 unspecified atom stereocenters. The van der Waals surface area contributed by atoms with Crippen molar-refractivity contribution >= 4 is 10.0 Å². The molecule has 0 aromatic heterocycles. The van der Waals surface area contributed by atoms with Crippen LogP contribution in [0.5, 0.6) is 0 Å². The van der Waals surface area contributed by atoms with Gasteiger partial charge in [-0.2, -0.15) is 0 Å². The van der Waals surface area contributed by atoms with Gasteiger partial charge in [0.05, 0.1) is 4.90 Å². The van der Waals surface area contributed by atoms with Crippen LogP contribution in [0.25, 0.3) is 0 Å². The molecule has 1 aromatic rings. The SMILES string of the molecule is CC1(C)CC1CNS(=O)(=O)c1ccc(CCN)cc1. The van der Waals surface area contributed by atoms with E-state index in [9.17, 15) is 8.42 Å². The summed E-state index contributed by atoms with van der Waals surface area (Å²) in [6.45, 7) is 5.42. The van der Waals surface area contributed by atoms with Crippen molar-refractivity contribution in [3.8, 4) is 0 Å². The Labute approximate surface area is 115 Å². The highest BCUT2D eigenvalue weighted by Gasteiger charge is 2.45. The number of nitrogens with two attached hydrogens (primary N) is 1. The molecule has 0 bridgehead atoms. The first-order valence-electron chi connectivity index (χ1n) is 6.64. The summed E-state index contributed by atoms with van der Waals surface area (Å²) in [5, 5.41) is 0. The van der Waals surface area contributed by atoms with E-state index in [1.807, 2.05) is 12.1 Å². The van der Waals surface area contributed by atoms with Gasteiger partial charge in [0.1, 0.15) is 0 Å². The van der Waals surface area contributed by atoms with Gasteiger partial charge in [-0.05, 0) is 48.4 Å². The fourth-order valence-electron chi connectivity index (χ4n) is 2.22. The highest BCUT2D eigenvalue weighted by Crippen LogP contribution is 2.51. The highest BCUT2D eigenvalue weighted by atomic mass is 32.2. The van der Waals surface area contributed by atoms with Crippen LogP contribution in [-0.2, 0) is 16.4 Å². The predicted molar refractivity (Wildman–Crippen MR) is 76.3 cm³/mol. The largest absolute Gasteiger partial charge is 0.330 e. The minimum absolute atomic E-state index is 0.285. The number of sulfonamides is 1. The molecule has 1 saturated carbocycles. The molecule has 2 rings (SSSR count). The molecule has 3 N–H and O–H groups in total. The second kappa shape index (κ2) is 5.23. The Morgan fingerprint density at radius 2 is 1.89 bits per heavy atom. The van der Waals surface area contributed by atoms with Gasteiger partial charge in [0, 0.05) is 6.54 Å². The van der Waals surface area contributed by atoms with Gasteiger partial charge in [-0.3, -0.25) is 0 Å². The lowest BCUT2D eigenvalue weighted by atomic mass is 10.1. The smallest absolute Gasteiger partial charge is 0.240 e. The first kappa shape index (κ1) is 14.5. The summed E-state index contributed by atoms with van der Waals surface area (Å²) in [4.78, 5) is 0.326. The first-order chi connectivity index (χ1) is 8.85. The maximum Gasteiger partial charge on any atom is 0.240 e. The van der Waals surface area contributed by atoms with Crippen molar-refractivity contribution in [1.29, 1.82) is 0 Å². The Bertz CT molecular complexity index is 535. The zero-order valence-corrected chi connectivity index (χ0v) is 12.3. The van der Waals surface area contributed by atoms with Crippen LogP contribution in [0.4, 0.5) is 0 Å². The van der Waals surface area contributed by atoms with Crippen LogP contribution in [-0.4, -0.2) is 21.5 Å². The molecule has 5 heteroatoms. The molecule has 0 aliphatic heterocycles. The van der Waals surface area contributed by atoms with Crippen LogP contribution in [0.2, 0.25) is 0 Å². The summed E-state index contributed by atoms with van der Waals surface area (Å²) < 4.78 is 26.9. The van der Waals surface area contributed by atoms with E-state index in [4.69, 9.17) is 5.73 Å². The number of nitrogens with one attached hydrogen (secondary N) is 1. The van der Waals surface area contributed by atoms with E-state index >= 15 is 0 Å². The van der Waals surface area contributed by atoms with Crippen molar-refractivity contribution < 1.29 is 8.42 Å². The van der Waals surface area contributed by atoms with Crippen LogP contribution in [0.1, 0.15) is 25.8 Å². The number of hydrogen-bond acceptors (Lipinski definition) is 3. The molecule has 4 nitrogen and oxygen atoms in total. The maximum atomic E-state index is 12.1. The van der Waals surface area contributed by atoms with E-state index in [-0.39, 0.29) is 5.41 Å². The Kier molecular flexibility index (Phi) is 3.99. The van der Waals surface area contributed by atoms with Crippen LogP contribution in [0.15, 0.2) is 29.2 Å². The van der Waals surface area contributed by atoms with E-state index in [1.165, 1.54) is 0 Å². The van der Waals surface area contributed by atoms with E-state index in [0.717, 1.165) is 18.4 Å². The fraction of sp³-hybridized carbons (Fsp3) is 0.571. The third-order valence-corrected chi connectivity index (χ3v) is 5.34. The minimum atomic E-state index is -3.38. The van der Waals surface area contributed by atoms with Gasteiger partial charge >= 0.3 is 0 Å². The number of benzene rings is 1. The second-order valence-electron chi connectivity index (χ2n) is 5.92. The Morgan fingerprint density at radius 3 is 2.37 bits per heavy atom. The van der Waals surface area contributed by atoms with Crippen molar-refractivity contribution in [3.05, 3.63) is 29.8 Å². The molecule has 1 atom stereocenters. The molecule has 19 heavy (non-hydrogen) atoms. The van der Waals surface area contributed by atoms with Gasteiger partial charge in [-0.15, -0.1) is 0 Å². The lowest BCUT2D eigenvalue weighted by Gasteiger charge is -2.08.